The Bertz CT molecular complexity index is 655. The van der Waals surface area contributed by atoms with Gasteiger partial charge in [-0.15, -0.1) is 0 Å². The number of anilines is 2. The molecule has 0 saturated heterocycles. The lowest BCUT2D eigenvalue weighted by molar-refractivity contribution is 1.51. The molecule has 0 saturated carbocycles. The number of benzene rings is 3. The van der Waals surface area contributed by atoms with Gasteiger partial charge in [-0.05, 0) is 35.0 Å². The van der Waals surface area contributed by atoms with E-state index in [1.54, 1.807) is 0 Å². The summed E-state index contributed by atoms with van der Waals surface area (Å²) in [5.41, 5.74) is 2.32. The van der Waals surface area contributed by atoms with Crippen molar-refractivity contribution in [1.29, 1.82) is 0 Å². The molecule has 0 fully saturated rings. The highest BCUT2D eigenvalue weighted by atomic mass is 14.8. The molecule has 0 heterocycles. The lowest BCUT2D eigenvalue weighted by Gasteiger charge is -2.12. The third-order valence-electron chi connectivity index (χ3n) is 3.42. The average molecular weight is 236 g/mol. The Hall–Kier alpha value is -2.22. The summed E-state index contributed by atoms with van der Waals surface area (Å²) in [7, 11) is 3.92. The first kappa shape index (κ1) is 10.9. The van der Waals surface area contributed by atoms with Crippen LogP contribution in [0.4, 0.5) is 11.4 Å². The summed E-state index contributed by atoms with van der Waals surface area (Å²) in [6.45, 7) is 0. The fourth-order valence-electron chi connectivity index (χ4n) is 2.47. The van der Waals surface area contributed by atoms with Crippen molar-refractivity contribution in [3.63, 3.8) is 0 Å². The second-order valence-corrected chi connectivity index (χ2v) is 4.41. The maximum absolute atomic E-state index is 3.26. The zero-order valence-corrected chi connectivity index (χ0v) is 10.6. The van der Waals surface area contributed by atoms with E-state index in [2.05, 4.69) is 59.2 Å². The van der Waals surface area contributed by atoms with Gasteiger partial charge in [0.1, 0.15) is 0 Å². The monoisotopic (exact) mass is 236 g/mol. The number of fused-ring (bicyclic) bond motifs is 2. The van der Waals surface area contributed by atoms with Gasteiger partial charge in [-0.25, -0.2) is 0 Å². The summed E-state index contributed by atoms with van der Waals surface area (Å²) < 4.78 is 0. The first-order valence-corrected chi connectivity index (χ1v) is 6.14. The molecule has 0 aromatic heterocycles. The Morgan fingerprint density at radius 2 is 1.11 bits per heavy atom. The van der Waals surface area contributed by atoms with Crippen molar-refractivity contribution in [3.05, 3.63) is 48.5 Å². The quantitative estimate of drug-likeness (QED) is 0.655. The van der Waals surface area contributed by atoms with Crippen LogP contribution in [0.2, 0.25) is 0 Å². The highest BCUT2D eigenvalue weighted by Gasteiger charge is 2.05. The molecule has 0 radical (unpaired) electrons. The number of rotatable bonds is 2. The third-order valence-corrected chi connectivity index (χ3v) is 3.42. The second-order valence-electron chi connectivity index (χ2n) is 4.41. The molecule has 3 aromatic rings. The smallest absolute Gasteiger partial charge is 0.0419 e. The van der Waals surface area contributed by atoms with E-state index in [4.69, 9.17) is 0 Å². The van der Waals surface area contributed by atoms with Gasteiger partial charge in [-0.2, -0.15) is 0 Å². The SMILES string of the molecule is CNc1ccc(NC)c2cc3ccccc3cc12. The molecule has 0 aliphatic carbocycles. The van der Waals surface area contributed by atoms with Crippen molar-refractivity contribution in [1.82, 2.24) is 0 Å². The fraction of sp³-hybridized carbons (Fsp3) is 0.125. The lowest BCUT2D eigenvalue weighted by Crippen LogP contribution is -1.94. The number of nitrogens with one attached hydrogen (secondary N) is 2. The molecule has 0 atom stereocenters. The maximum Gasteiger partial charge on any atom is 0.0419 e. The fourth-order valence-corrected chi connectivity index (χ4v) is 2.47. The van der Waals surface area contributed by atoms with E-state index in [-0.39, 0.29) is 0 Å². The molecule has 0 aliphatic heterocycles. The molecule has 0 aliphatic rings. The van der Waals surface area contributed by atoms with Crippen LogP contribution in [-0.4, -0.2) is 14.1 Å². The molecule has 3 rings (SSSR count). The Morgan fingerprint density at radius 3 is 1.50 bits per heavy atom. The number of hydrogen-bond acceptors (Lipinski definition) is 2. The highest BCUT2D eigenvalue weighted by Crippen LogP contribution is 2.33. The van der Waals surface area contributed by atoms with Gasteiger partial charge in [0.05, 0.1) is 0 Å². The van der Waals surface area contributed by atoms with Crippen LogP contribution in [0.25, 0.3) is 21.5 Å². The first-order chi connectivity index (χ1) is 8.83. The molecule has 0 spiro atoms. The van der Waals surface area contributed by atoms with Crippen LogP contribution in [0.5, 0.6) is 0 Å². The van der Waals surface area contributed by atoms with Crippen LogP contribution in [0.3, 0.4) is 0 Å². The third kappa shape index (κ3) is 1.58. The van der Waals surface area contributed by atoms with E-state index in [0.717, 1.165) is 11.4 Å². The molecular weight excluding hydrogens is 220 g/mol. The van der Waals surface area contributed by atoms with E-state index in [1.165, 1.54) is 21.5 Å². The van der Waals surface area contributed by atoms with Gasteiger partial charge < -0.3 is 10.6 Å². The standard InChI is InChI=1S/C16H16N2/c1-17-15-7-8-16(18-2)14-10-12-6-4-3-5-11(12)9-13(14)15/h3-10,17-18H,1-2H3. The van der Waals surface area contributed by atoms with Gasteiger partial charge in [-0.3, -0.25) is 0 Å². The molecule has 18 heavy (non-hydrogen) atoms. The second kappa shape index (κ2) is 4.22. The van der Waals surface area contributed by atoms with Crippen LogP contribution in [0, 0.1) is 0 Å². The van der Waals surface area contributed by atoms with Gasteiger partial charge in [-0.1, -0.05) is 24.3 Å². The zero-order chi connectivity index (χ0) is 12.5. The van der Waals surface area contributed by atoms with Crippen molar-refractivity contribution >= 4 is 32.9 Å². The Morgan fingerprint density at radius 1 is 0.667 bits per heavy atom. The van der Waals surface area contributed by atoms with Crippen molar-refractivity contribution < 1.29 is 0 Å². The summed E-state index contributed by atoms with van der Waals surface area (Å²) in [6.07, 6.45) is 0. The van der Waals surface area contributed by atoms with Gasteiger partial charge in [0.25, 0.3) is 0 Å². The van der Waals surface area contributed by atoms with E-state index in [0.29, 0.717) is 0 Å². The molecule has 3 aromatic carbocycles. The van der Waals surface area contributed by atoms with Crippen LogP contribution in [0.1, 0.15) is 0 Å². The molecule has 2 N–H and O–H groups in total. The maximum atomic E-state index is 3.26. The minimum absolute atomic E-state index is 1.16. The van der Waals surface area contributed by atoms with Crippen molar-refractivity contribution in [3.8, 4) is 0 Å². The predicted octanol–water partition coefficient (Wildman–Crippen LogP) is 4.08. The molecule has 0 amide bonds. The van der Waals surface area contributed by atoms with Crippen LogP contribution < -0.4 is 10.6 Å². The molecule has 0 unspecified atom stereocenters. The molecule has 90 valence electrons. The summed E-state index contributed by atoms with van der Waals surface area (Å²) in [4.78, 5) is 0. The highest BCUT2D eigenvalue weighted by molar-refractivity contribution is 6.08. The predicted molar refractivity (Wildman–Crippen MR) is 80.5 cm³/mol. The van der Waals surface area contributed by atoms with E-state index in [9.17, 15) is 0 Å². The zero-order valence-electron chi connectivity index (χ0n) is 10.6. The minimum atomic E-state index is 1.16. The minimum Gasteiger partial charge on any atom is -0.388 e. The topological polar surface area (TPSA) is 24.1 Å². The Labute approximate surface area is 107 Å². The van der Waals surface area contributed by atoms with Crippen molar-refractivity contribution in [2.24, 2.45) is 0 Å². The van der Waals surface area contributed by atoms with E-state index >= 15 is 0 Å². The summed E-state index contributed by atoms with van der Waals surface area (Å²) >= 11 is 0. The van der Waals surface area contributed by atoms with Crippen LogP contribution >= 0.6 is 0 Å². The first-order valence-electron chi connectivity index (χ1n) is 6.14. The molecule has 2 nitrogen and oxygen atoms in total. The molecular formula is C16H16N2. The van der Waals surface area contributed by atoms with Crippen LogP contribution in [-0.2, 0) is 0 Å². The largest absolute Gasteiger partial charge is 0.388 e. The number of hydrogen-bond donors (Lipinski definition) is 2. The van der Waals surface area contributed by atoms with Gasteiger partial charge in [0.2, 0.25) is 0 Å². The summed E-state index contributed by atoms with van der Waals surface area (Å²) in [6, 6.07) is 17.2. The summed E-state index contributed by atoms with van der Waals surface area (Å²) in [5.74, 6) is 0. The van der Waals surface area contributed by atoms with E-state index in [1.807, 2.05) is 14.1 Å². The molecule has 2 heteroatoms. The van der Waals surface area contributed by atoms with Gasteiger partial charge in [0.15, 0.2) is 0 Å². The van der Waals surface area contributed by atoms with Crippen molar-refractivity contribution in [2.75, 3.05) is 24.7 Å². The van der Waals surface area contributed by atoms with E-state index < -0.39 is 0 Å². The average Bonchev–Trinajstić information content (AvgIpc) is 2.44. The Kier molecular flexibility index (Phi) is 2.56. The van der Waals surface area contributed by atoms with Crippen LogP contribution in [0.15, 0.2) is 48.5 Å². The van der Waals surface area contributed by atoms with Gasteiger partial charge >= 0.3 is 0 Å². The lowest BCUT2D eigenvalue weighted by atomic mass is 10.0. The Balaban J connectivity index is 2.46. The van der Waals surface area contributed by atoms with Gasteiger partial charge in [0, 0.05) is 36.2 Å². The molecule has 0 bridgehead atoms. The normalized spacial score (nSPS) is 10.8. The summed E-state index contributed by atoms with van der Waals surface area (Å²) in [5, 5.41) is 11.6. The van der Waals surface area contributed by atoms with Crippen molar-refractivity contribution in [2.45, 2.75) is 0 Å².